The molecule has 9 heteroatoms. The van der Waals surface area contributed by atoms with E-state index in [0.29, 0.717) is 17.3 Å². The van der Waals surface area contributed by atoms with Crippen molar-refractivity contribution in [3.05, 3.63) is 65.4 Å². The average Bonchev–Trinajstić information content (AvgIpc) is 3.24. The Morgan fingerprint density at radius 1 is 0.967 bits per heavy atom. The molecule has 2 N–H and O–H groups in total. The minimum atomic E-state index is -3.76. The number of aromatic nitrogens is 2. The second-order valence-electron chi connectivity index (χ2n) is 7.09. The molecule has 1 aliphatic rings. The quantitative estimate of drug-likeness (QED) is 0.579. The summed E-state index contributed by atoms with van der Waals surface area (Å²) in [5.41, 5.74) is 1.23. The maximum absolute atomic E-state index is 12.6. The van der Waals surface area contributed by atoms with E-state index in [4.69, 9.17) is 11.6 Å². The second-order valence-corrected chi connectivity index (χ2v) is 9.15. The van der Waals surface area contributed by atoms with Crippen LogP contribution >= 0.6 is 11.6 Å². The van der Waals surface area contributed by atoms with Crippen LogP contribution in [0.25, 0.3) is 0 Å². The first-order chi connectivity index (χ1) is 14.4. The van der Waals surface area contributed by atoms with E-state index in [1.54, 1.807) is 42.5 Å². The number of hydrogen-bond donors (Lipinski definition) is 2. The van der Waals surface area contributed by atoms with Gasteiger partial charge in [0.2, 0.25) is 0 Å². The number of anilines is 4. The fourth-order valence-corrected chi connectivity index (χ4v) is 4.95. The van der Waals surface area contributed by atoms with Crippen molar-refractivity contribution in [3.8, 4) is 0 Å². The van der Waals surface area contributed by atoms with Gasteiger partial charge in [-0.2, -0.15) is 0 Å². The predicted octanol–water partition coefficient (Wildman–Crippen LogP) is 4.58. The number of nitrogens with zero attached hydrogens (tertiary/aromatic N) is 3. The van der Waals surface area contributed by atoms with E-state index in [9.17, 15) is 8.42 Å². The molecule has 1 aromatic heterocycles. The lowest BCUT2D eigenvalue weighted by atomic mass is 10.3. The summed E-state index contributed by atoms with van der Waals surface area (Å²) in [5.74, 6) is 2.33. The Balaban J connectivity index is 1.48. The van der Waals surface area contributed by atoms with Crippen molar-refractivity contribution in [1.29, 1.82) is 0 Å². The maximum atomic E-state index is 12.6. The Hall–Kier alpha value is -2.84. The van der Waals surface area contributed by atoms with Crippen molar-refractivity contribution < 1.29 is 8.42 Å². The molecule has 2 aromatic carbocycles. The third-order valence-corrected chi connectivity index (χ3v) is 6.67. The van der Waals surface area contributed by atoms with E-state index in [0.717, 1.165) is 24.6 Å². The molecular weight excluding hydrogens is 422 g/mol. The Kier molecular flexibility index (Phi) is 5.78. The summed E-state index contributed by atoms with van der Waals surface area (Å²) in [6, 6.07) is 15.2. The highest BCUT2D eigenvalue weighted by Crippen LogP contribution is 2.26. The first-order valence-corrected chi connectivity index (χ1v) is 11.5. The molecule has 1 saturated heterocycles. The highest BCUT2D eigenvalue weighted by Gasteiger charge is 2.18. The van der Waals surface area contributed by atoms with Gasteiger partial charge in [0.05, 0.1) is 5.02 Å². The van der Waals surface area contributed by atoms with Crippen LogP contribution in [-0.4, -0.2) is 31.5 Å². The summed E-state index contributed by atoms with van der Waals surface area (Å²) in [6.07, 6.45) is 2.36. The lowest BCUT2D eigenvalue weighted by Crippen LogP contribution is -2.19. The van der Waals surface area contributed by atoms with Gasteiger partial charge in [-0.25, -0.2) is 18.4 Å². The Morgan fingerprint density at radius 2 is 1.63 bits per heavy atom. The van der Waals surface area contributed by atoms with Crippen LogP contribution in [0.2, 0.25) is 5.02 Å². The highest BCUT2D eigenvalue weighted by molar-refractivity contribution is 7.92. The fourth-order valence-electron chi connectivity index (χ4n) is 3.37. The molecule has 30 heavy (non-hydrogen) atoms. The number of rotatable bonds is 6. The van der Waals surface area contributed by atoms with E-state index in [1.165, 1.54) is 18.9 Å². The number of aryl methyl sites for hydroxylation is 1. The maximum Gasteiger partial charge on any atom is 0.263 e. The molecule has 0 bridgehead atoms. The lowest BCUT2D eigenvalue weighted by molar-refractivity contribution is 0.601. The predicted molar refractivity (Wildman–Crippen MR) is 120 cm³/mol. The summed E-state index contributed by atoms with van der Waals surface area (Å²) < 4.78 is 27.7. The van der Waals surface area contributed by atoms with Gasteiger partial charge < -0.3 is 10.2 Å². The average molecular weight is 444 g/mol. The molecule has 3 aromatic rings. The third kappa shape index (κ3) is 4.66. The number of halogens is 1. The Labute approximate surface area is 181 Å². The van der Waals surface area contributed by atoms with Gasteiger partial charge in [0.1, 0.15) is 22.4 Å². The minimum absolute atomic E-state index is 0.0415. The van der Waals surface area contributed by atoms with Gasteiger partial charge in [-0.15, -0.1) is 0 Å². The first-order valence-electron chi connectivity index (χ1n) is 9.66. The van der Waals surface area contributed by atoms with Crippen LogP contribution < -0.4 is 14.9 Å². The molecule has 4 rings (SSSR count). The Bertz CT molecular complexity index is 1150. The molecule has 0 unspecified atom stereocenters. The SMILES string of the molecule is Cc1nc(Nc2ccc(NS(=O)(=O)c3ccccc3Cl)cc2)cc(N2CCCC2)n1. The Morgan fingerprint density at radius 3 is 2.33 bits per heavy atom. The van der Waals surface area contributed by atoms with Crippen molar-refractivity contribution in [2.45, 2.75) is 24.7 Å². The second kappa shape index (κ2) is 8.49. The first kappa shape index (κ1) is 20.4. The van der Waals surface area contributed by atoms with Gasteiger partial charge in [0.15, 0.2) is 0 Å². The van der Waals surface area contributed by atoms with Crippen LogP contribution in [0, 0.1) is 6.92 Å². The van der Waals surface area contributed by atoms with Gasteiger partial charge in [-0.1, -0.05) is 23.7 Å². The van der Waals surface area contributed by atoms with Crippen LogP contribution in [0.3, 0.4) is 0 Å². The number of nitrogens with one attached hydrogen (secondary N) is 2. The molecule has 0 radical (unpaired) electrons. The highest BCUT2D eigenvalue weighted by atomic mass is 35.5. The number of benzene rings is 2. The van der Waals surface area contributed by atoms with Crippen LogP contribution in [0.15, 0.2) is 59.5 Å². The molecule has 0 aliphatic carbocycles. The topological polar surface area (TPSA) is 87.2 Å². The molecule has 0 spiro atoms. The van der Waals surface area contributed by atoms with Crippen molar-refractivity contribution in [2.75, 3.05) is 28.0 Å². The van der Waals surface area contributed by atoms with Crippen LogP contribution in [0.4, 0.5) is 23.0 Å². The molecule has 2 heterocycles. The van der Waals surface area contributed by atoms with Crippen LogP contribution in [-0.2, 0) is 10.0 Å². The van der Waals surface area contributed by atoms with Gasteiger partial charge in [0, 0.05) is 30.5 Å². The summed E-state index contributed by atoms with van der Waals surface area (Å²) in [6.45, 7) is 3.89. The summed E-state index contributed by atoms with van der Waals surface area (Å²) in [5, 5.41) is 3.44. The summed E-state index contributed by atoms with van der Waals surface area (Å²) in [4.78, 5) is 11.3. The molecule has 156 valence electrons. The lowest BCUT2D eigenvalue weighted by Gasteiger charge is -2.18. The molecule has 1 aliphatic heterocycles. The fraction of sp³-hybridized carbons (Fsp3) is 0.238. The summed E-state index contributed by atoms with van der Waals surface area (Å²) >= 11 is 6.02. The van der Waals surface area contributed by atoms with Gasteiger partial charge >= 0.3 is 0 Å². The van der Waals surface area contributed by atoms with Gasteiger partial charge in [0.25, 0.3) is 10.0 Å². The zero-order valence-corrected chi connectivity index (χ0v) is 18.0. The summed E-state index contributed by atoms with van der Waals surface area (Å²) in [7, 11) is -3.76. The normalized spacial score (nSPS) is 14.0. The number of sulfonamides is 1. The van der Waals surface area contributed by atoms with Gasteiger partial charge in [-0.3, -0.25) is 4.72 Å². The zero-order chi connectivity index (χ0) is 21.1. The van der Waals surface area contributed by atoms with E-state index < -0.39 is 10.0 Å². The smallest absolute Gasteiger partial charge is 0.263 e. The molecule has 7 nitrogen and oxygen atoms in total. The molecule has 1 fully saturated rings. The van der Waals surface area contributed by atoms with E-state index in [1.807, 2.05) is 13.0 Å². The van der Waals surface area contributed by atoms with E-state index in [-0.39, 0.29) is 9.92 Å². The standard InChI is InChI=1S/C21H22ClN5O2S/c1-15-23-20(14-21(24-15)27-12-4-5-13-27)25-16-8-10-17(11-9-16)26-30(28,29)19-7-3-2-6-18(19)22/h2-3,6-11,14,26H,4-5,12-13H2,1H3,(H,23,24,25). The largest absolute Gasteiger partial charge is 0.356 e. The molecule has 0 amide bonds. The van der Waals surface area contributed by atoms with Crippen LogP contribution in [0.1, 0.15) is 18.7 Å². The molecular formula is C21H22ClN5O2S. The van der Waals surface area contributed by atoms with Gasteiger partial charge in [-0.05, 0) is 56.2 Å². The van der Waals surface area contributed by atoms with Crippen molar-refractivity contribution in [2.24, 2.45) is 0 Å². The molecule has 0 saturated carbocycles. The molecule has 0 atom stereocenters. The van der Waals surface area contributed by atoms with Crippen molar-refractivity contribution >= 4 is 44.6 Å². The third-order valence-electron chi connectivity index (χ3n) is 4.79. The van der Waals surface area contributed by atoms with Crippen LogP contribution in [0.5, 0.6) is 0 Å². The van der Waals surface area contributed by atoms with E-state index >= 15 is 0 Å². The number of hydrogen-bond acceptors (Lipinski definition) is 6. The monoisotopic (exact) mass is 443 g/mol. The van der Waals surface area contributed by atoms with Crippen molar-refractivity contribution in [1.82, 2.24) is 9.97 Å². The minimum Gasteiger partial charge on any atom is -0.356 e. The van der Waals surface area contributed by atoms with Crippen molar-refractivity contribution in [3.63, 3.8) is 0 Å². The zero-order valence-electron chi connectivity index (χ0n) is 16.5. The van der Waals surface area contributed by atoms with E-state index in [2.05, 4.69) is 24.9 Å².